The molecule has 1 amide bonds. The molecule has 1 aromatic heterocycles. The highest BCUT2D eigenvalue weighted by Crippen LogP contribution is 2.31. The second-order valence-corrected chi connectivity index (χ2v) is 5.68. The van der Waals surface area contributed by atoms with E-state index in [9.17, 15) is 14.7 Å². The SMILES string of the molecule is CC1=CCC(C(=O)O)C(C(=O)Nc2nc(C)cs2)C1. The van der Waals surface area contributed by atoms with Gasteiger partial charge in [-0.2, -0.15) is 0 Å². The first-order valence-electron chi connectivity index (χ1n) is 6.09. The Hall–Kier alpha value is -1.69. The van der Waals surface area contributed by atoms with Gasteiger partial charge in [-0.25, -0.2) is 4.98 Å². The molecule has 2 N–H and O–H groups in total. The van der Waals surface area contributed by atoms with E-state index in [2.05, 4.69) is 10.3 Å². The topological polar surface area (TPSA) is 79.3 Å². The van der Waals surface area contributed by atoms with Crippen LogP contribution in [-0.4, -0.2) is 22.0 Å². The molecule has 0 aromatic carbocycles. The van der Waals surface area contributed by atoms with E-state index < -0.39 is 17.8 Å². The molecule has 19 heavy (non-hydrogen) atoms. The predicted octanol–water partition coefficient (Wildman–Crippen LogP) is 2.45. The first-order valence-corrected chi connectivity index (χ1v) is 6.96. The highest BCUT2D eigenvalue weighted by molar-refractivity contribution is 7.13. The van der Waals surface area contributed by atoms with Gasteiger partial charge in [-0.3, -0.25) is 9.59 Å². The van der Waals surface area contributed by atoms with Crippen LogP contribution in [0.1, 0.15) is 25.5 Å². The van der Waals surface area contributed by atoms with Crippen molar-refractivity contribution in [3.63, 3.8) is 0 Å². The van der Waals surface area contributed by atoms with E-state index in [-0.39, 0.29) is 5.91 Å². The third kappa shape index (κ3) is 3.20. The molecular weight excluding hydrogens is 264 g/mol. The molecule has 2 rings (SSSR count). The molecule has 0 spiro atoms. The molecule has 2 unspecified atom stereocenters. The van der Waals surface area contributed by atoms with Crippen LogP contribution in [0.5, 0.6) is 0 Å². The first kappa shape index (κ1) is 13.7. The van der Waals surface area contributed by atoms with Gasteiger partial charge in [0.2, 0.25) is 5.91 Å². The number of allylic oxidation sites excluding steroid dienone is 2. The van der Waals surface area contributed by atoms with E-state index >= 15 is 0 Å². The summed E-state index contributed by atoms with van der Waals surface area (Å²) in [7, 11) is 0. The predicted molar refractivity (Wildman–Crippen MR) is 73.1 cm³/mol. The third-order valence-electron chi connectivity index (χ3n) is 3.25. The number of aliphatic carboxylic acids is 1. The summed E-state index contributed by atoms with van der Waals surface area (Å²) in [6.07, 6.45) is 2.80. The number of amides is 1. The Morgan fingerprint density at radius 3 is 2.74 bits per heavy atom. The Balaban J connectivity index is 2.11. The van der Waals surface area contributed by atoms with Crippen molar-refractivity contribution in [2.75, 3.05) is 5.32 Å². The lowest BCUT2D eigenvalue weighted by atomic mass is 9.79. The molecule has 0 radical (unpaired) electrons. The highest BCUT2D eigenvalue weighted by atomic mass is 32.1. The fraction of sp³-hybridized carbons (Fsp3) is 0.462. The lowest BCUT2D eigenvalue weighted by Gasteiger charge is -2.26. The monoisotopic (exact) mass is 280 g/mol. The number of carboxylic acids is 1. The average molecular weight is 280 g/mol. The summed E-state index contributed by atoms with van der Waals surface area (Å²) in [6.45, 7) is 3.77. The van der Waals surface area contributed by atoms with Crippen LogP contribution in [0.4, 0.5) is 5.13 Å². The summed E-state index contributed by atoms with van der Waals surface area (Å²) in [5.74, 6) is -2.34. The molecule has 1 heterocycles. The van der Waals surface area contributed by atoms with Crippen molar-refractivity contribution in [2.45, 2.75) is 26.7 Å². The Morgan fingerprint density at radius 2 is 2.16 bits per heavy atom. The lowest BCUT2D eigenvalue weighted by molar-refractivity contribution is -0.146. The highest BCUT2D eigenvalue weighted by Gasteiger charge is 2.35. The number of anilines is 1. The summed E-state index contributed by atoms with van der Waals surface area (Å²) in [6, 6.07) is 0. The van der Waals surface area contributed by atoms with Gasteiger partial charge < -0.3 is 10.4 Å². The maximum atomic E-state index is 12.2. The number of thiazole rings is 1. The van der Waals surface area contributed by atoms with E-state index in [0.717, 1.165) is 11.3 Å². The van der Waals surface area contributed by atoms with Crippen molar-refractivity contribution < 1.29 is 14.7 Å². The number of hydrogen-bond donors (Lipinski definition) is 2. The number of hydrogen-bond acceptors (Lipinski definition) is 4. The van der Waals surface area contributed by atoms with Gasteiger partial charge in [-0.15, -0.1) is 11.3 Å². The van der Waals surface area contributed by atoms with Gasteiger partial charge in [0.05, 0.1) is 17.5 Å². The van der Waals surface area contributed by atoms with Crippen LogP contribution in [0.2, 0.25) is 0 Å². The fourth-order valence-corrected chi connectivity index (χ4v) is 2.91. The number of carbonyl (C=O) groups excluding carboxylic acids is 1. The van der Waals surface area contributed by atoms with Gasteiger partial charge in [0.15, 0.2) is 5.13 Å². The minimum absolute atomic E-state index is 0.255. The molecule has 0 saturated heterocycles. The Bertz CT molecular complexity index is 536. The zero-order chi connectivity index (χ0) is 14.0. The maximum Gasteiger partial charge on any atom is 0.307 e. The molecule has 1 aliphatic rings. The number of nitrogens with one attached hydrogen (secondary N) is 1. The lowest BCUT2D eigenvalue weighted by Crippen LogP contribution is -2.35. The van der Waals surface area contributed by atoms with Crippen molar-refractivity contribution >= 4 is 28.3 Å². The van der Waals surface area contributed by atoms with Crippen molar-refractivity contribution in [1.82, 2.24) is 4.98 Å². The van der Waals surface area contributed by atoms with Gasteiger partial charge in [0.25, 0.3) is 0 Å². The first-order chi connectivity index (χ1) is 8.97. The second-order valence-electron chi connectivity index (χ2n) is 4.82. The number of carbonyl (C=O) groups is 2. The molecule has 0 aliphatic heterocycles. The van der Waals surface area contributed by atoms with E-state index in [1.807, 2.05) is 25.3 Å². The molecule has 1 aliphatic carbocycles. The van der Waals surface area contributed by atoms with E-state index in [0.29, 0.717) is 18.0 Å². The molecule has 6 heteroatoms. The minimum atomic E-state index is -0.917. The van der Waals surface area contributed by atoms with E-state index in [1.165, 1.54) is 11.3 Å². The number of nitrogens with zero attached hydrogens (tertiary/aromatic N) is 1. The van der Waals surface area contributed by atoms with Crippen LogP contribution >= 0.6 is 11.3 Å². The van der Waals surface area contributed by atoms with E-state index in [1.54, 1.807) is 0 Å². The van der Waals surface area contributed by atoms with Crippen LogP contribution in [-0.2, 0) is 9.59 Å². The van der Waals surface area contributed by atoms with Crippen LogP contribution in [0.3, 0.4) is 0 Å². The summed E-state index contributed by atoms with van der Waals surface area (Å²) in [5.41, 5.74) is 1.91. The van der Waals surface area contributed by atoms with Crippen molar-refractivity contribution in [1.29, 1.82) is 0 Å². The number of carboxylic acid groups (broad SMARTS) is 1. The van der Waals surface area contributed by atoms with Crippen molar-refractivity contribution in [2.24, 2.45) is 11.8 Å². The Labute approximate surface area is 115 Å². The van der Waals surface area contributed by atoms with Crippen LogP contribution in [0.25, 0.3) is 0 Å². The second kappa shape index (κ2) is 5.52. The summed E-state index contributed by atoms with van der Waals surface area (Å²) in [4.78, 5) is 27.6. The largest absolute Gasteiger partial charge is 0.481 e. The zero-order valence-corrected chi connectivity index (χ0v) is 11.7. The third-order valence-corrected chi connectivity index (χ3v) is 4.13. The molecule has 1 aromatic rings. The molecule has 2 atom stereocenters. The average Bonchev–Trinajstić information content (AvgIpc) is 2.74. The summed E-state index contributed by atoms with van der Waals surface area (Å²) in [5, 5.41) is 14.3. The van der Waals surface area contributed by atoms with Crippen molar-refractivity contribution in [3.8, 4) is 0 Å². The molecule has 5 nitrogen and oxygen atoms in total. The molecule has 102 valence electrons. The fourth-order valence-electron chi connectivity index (χ4n) is 2.22. The van der Waals surface area contributed by atoms with Crippen LogP contribution in [0.15, 0.2) is 17.0 Å². The minimum Gasteiger partial charge on any atom is -0.481 e. The molecule has 0 fully saturated rings. The summed E-state index contributed by atoms with van der Waals surface area (Å²) >= 11 is 1.35. The molecular formula is C13H16N2O3S. The summed E-state index contributed by atoms with van der Waals surface area (Å²) < 4.78 is 0. The normalized spacial score (nSPS) is 22.7. The van der Waals surface area contributed by atoms with Gasteiger partial charge in [-0.05, 0) is 26.7 Å². The van der Waals surface area contributed by atoms with Crippen LogP contribution in [0, 0.1) is 18.8 Å². The molecule has 0 bridgehead atoms. The Morgan fingerprint density at radius 1 is 1.42 bits per heavy atom. The van der Waals surface area contributed by atoms with Gasteiger partial charge >= 0.3 is 5.97 Å². The smallest absolute Gasteiger partial charge is 0.307 e. The van der Waals surface area contributed by atoms with Gasteiger partial charge in [0, 0.05) is 5.38 Å². The number of aryl methyl sites for hydroxylation is 1. The number of aromatic nitrogens is 1. The van der Waals surface area contributed by atoms with Gasteiger partial charge in [-0.1, -0.05) is 11.6 Å². The molecule has 0 saturated carbocycles. The maximum absolute atomic E-state index is 12.2. The quantitative estimate of drug-likeness (QED) is 0.833. The standard InChI is InChI=1S/C13H16N2O3S/c1-7-3-4-9(12(17)18)10(5-7)11(16)15-13-14-8(2)6-19-13/h3,6,9-10H,4-5H2,1-2H3,(H,17,18)(H,14,15,16). The van der Waals surface area contributed by atoms with Gasteiger partial charge in [0.1, 0.15) is 0 Å². The zero-order valence-electron chi connectivity index (χ0n) is 10.8. The van der Waals surface area contributed by atoms with E-state index in [4.69, 9.17) is 0 Å². The number of rotatable bonds is 3. The Kier molecular flexibility index (Phi) is 3.99. The van der Waals surface area contributed by atoms with Crippen LogP contribution < -0.4 is 5.32 Å². The van der Waals surface area contributed by atoms with Crippen molar-refractivity contribution in [3.05, 3.63) is 22.7 Å².